The van der Waals surface area contributed by atoms with Crippen LogP contribution in [0.3, 0.4) is 0 Å². The van der Waals surface area contributed by atoms with Crippen LogP contribution >= 0.6 is 11.3 Å². The van der Waals surface area contributed by atoms with Gasteiger partial charge in [-0.15, -0.1) is 11.3 Å². The molecule has 0 aliphatic carbocycles. The fourth-order valence-corrected chi connectivity index (χ4v) is 2.50. The molecule has 0 fully saturated rings. The number of fused-ring (bicyclic) bond motifs is 1. The molecule has 0 aliphatic heterocycles. The first-order valence-electron chi connectivity index (χ1n) is 5.55. The van der Waals surface area contributed by atoms with Crippen molar-refractivity contribution in [2.75, 3.05) is 0 Å². The molecule has 2 rings (SSSR count). The SMILES string of the molecule is Cc1ccc2nc(CNC(C)(C)C)sc2c1. The van der Waals surface area contributed by atoms with E-state index in [-0.39, 0.29) is 5.54 Å². The lowest BCUT2D eigenvalue weighted by Crippen LogP contribution is -2.34. The number of nitrogens with one attached hydrogen (secondary N) is 1. The van der Waals surface area contributed by atoms with Gasteiger partial charge in [-0.1, -0.05) is 6.07 Å². The highest BCUT2D eigenvalue weighted by atomic mass is 32.1. The highest BCUT2D eigenvalue weighted by Gasteiger charge is 2.10. The lowest BCUT2D eigenvalue weighted by Gasteiger charge is -2.19. The lowest BCUT2D eigenvalue weighted by atomic mass is 10.1. The van der Waals surface area contributed by atoms with Crippen molar-refractivity contribution in [3.8, 4) is 0 Å². The molecule has 2 aromatic rings. The minimum absolute atomic E-state index is 0.147. The molecule has 1 heterocycles. The molecule has 0 radical (unpaired) electrons. The molecule has 3 heteroatoms. The number of aromatic nitrogens is 1. The zero-order chi connectivity index (χ0) is 11.8. The molecular weight excluding hydrogens is 216 g/mol. The predicted octanol–water partition coefficient (Wildman–Crippen LogP) is 3.49. The molecule has 0 saturated heterocycles. The van der Waals surface area contributed by atoms with E-state index in [0.29, 0.717) is 0 Å². The summed E-state index contributed by atoms with van der Waals surface area (Å²) in [5.41, 5.74) is 2.56. The number of nitrogens with zero attached hydrogens (tertiary/aromatic N) is 1. The Morgan fingerprint density at radius 3 is 2.75 bits per heavy atom. The number of thiazole rings is 1. The zero-order valence-corrected chi connectivity index (χ0v) is 11.1. The van der Waals surface area contributed by atoms with Gasteiger partial charge in [-0.3, -0.25) is 0 Å². The van der Waals surface area contributed by atoms with Gasteiger partial charge in [-0.25, -0.2) is 4.98 Å². The third-order valence-corrected chi connectivity index (χ3v) is 3.38. The second kappa shape index (κ2) is 4.15. The third kappa shape index (κ3) is 2.80. The molecule has 0 saturated carbocycles. The van der Waals surface area contributed by atoms with Gasteiger partial charge in [0.15, 0.2) is 0 Å². The van der Waals surface area contributed by atoms with Crippen molar-refractivity contribution >= 4 is 21.6 Å². The van der Waals surface area contributed by atoms with E-state index in [2.05, 4.69) is 56.2 Å². The van der Waals surface area contributed by atoms with E-state index in [9.17, 15) is 0 Å². The monoisotopic (exact) mass is 234 g/mol. The first kappa shape index (κ1) is 11.6. The maximum absolute atomic E-state index is 4.61. The second-order valence-electron chi connectivity index (χ2n) is 5.18. The van der Waals surface area contributed by atoms with E-state index < -0.39 is 0 Å². The molecule has 0 amide bonds. The molecule has 1 aromatic heterocycles. The van der Waals surface area contributed by atoms with E-state index in [0.717, 1.165) is 17.1 Å². The Balaban J connectivity index is 2.20. The molecule has 86 valence electrons. The van der Waals surface area contributed by atoms with Crippen molar-refractivity contribution in [2.24, 2.45) is 0 Å². The molecule has 0 unspecified atom stereocenters. The van der Waals surface area contributed by atoms with Crippen LogP contribution in [0.2, 0.25) is 0 Å². The van der Waals surface area contributed by atoms with Gasteiger partial charge in [0.2, 0.25) is 0 Å². The number of rotatable bonds is 2. The topological polar surface area (TPSA) is 24.9 Å². The van der Waals surface area contributed by atoms with Crippen molar-refractivity contribution in [2.45, 2.75) is 39.8 Å². The van der Waals surface area contributed by atoms with Gasteiger partial charge < -0.3 is 5.32 Å². The van der Waals surface area contributed by atoms with Crippen molar-refractivity contribution in [3.63, 3.8) is 0 Å². The van der Waals surface area contributed by atoms with Crippen molar-refractivity contribution in [1.29, 1.82) is 0 Å². The van der Waals surface area contributed by atoms with E-state index >= 15 is 0 Å². The minimum atomic E-state index is 0.147. The average Bonchev–Trinajstić information content (AvgIpc) is 2.55. The molecule has 2 nitrogen and oxygen atoms in total. The van der Waals surface area contributed by atoms with Gasteiger partial charge in [0.1, 0.15) is 5.01 Å². The van der Waals surface area contributed by atoms with E-state index in [1.807, 2.05) is 0 Å². The van der Waals surface area contributed by atoms with Crippen LogP contribution in [0, 0.1) is 6.92 Å². The number of hydrogen-bond donors (Lipinski definition) is 1. The summed E-state index contributed by atoms with van der Waals surface area (Å²) in [6.45, 7) is 9.48. The molecule has 1 N–H and O–H groups in total. The smallest absolute Gasteiger partial charge is 0.108 e. The summed E-state index contributed by atoms with van der Waals surface area (Å²) in [4.78, 5) is 4.61. The predicted molar refractivity (Wildman–Crippen MR) is 70.9 cm³/mol. The number of aryl methyl sites for hydroxylation is 1. The largest absolute Gasteiger partial charge is 0.306 e. The zero-order valence-electron chi connectivity index (χ0n) is 10.3. The molecule has 0 spiro atoms. The van der Waals surface area contributed by atoms with Gasteiger partial charge in [0.05, 0.1) is 10.2 Å². The number of hydrogen-bond acceptors (Lipinski definition) is 3. The Bertz CT molecular complexity index is 494. The van der Waals surface area contributed by atoms with Gasteiger partial charge >= 0.3 is 0 Å². The van der Waals surface area contributed by atoms with Crippen LogP contribution < -0.4 is 5.32 Å². The molecule has 0 aliphatic rings. The van der Waals surface area contributed by atoms with E-state index in [4.69, 9.17) is 0 Å². The third-order valence-electron chi connectivity index (χ3n) is 2.36. The Morgan fingerprint density at radius 2 is 2.06 bits per heavy atom. The van der Waals surface area contributed by atoms with Crippen molar-refractivity contribution in [1.82, 2.24) is 10.3 Å². The highest BCUT2D eigenvalue weighted by molar-refractivity contribution is 7.18. The summed E-state index contributed by atoms with van der Waals surface area (Å²) in [5.74, 6) is 0. The molecular formula is C13H18N2S. The van der Waals surface area contributed by atoms with Crippen LogP contribution in [0.4, 0.5) is 0 Å². The Morgan fingerprint density at radius 1 is 1.31 bits per heavy atom. The lowest BCUT2D eigenvalue weighted by molar-refractivity contribution is 0.424. The Labute approximate surface area is 101 Å². The van der Waals surface area contributed by atoms with Crippen molar-refractivity contribution < 1.29 is 0 Å². The number of benzene rings is 1. The first-order chi connectivity index (χ1) is 7.44. The Hall–Kier alpha value is -0.930. The minimum Gasteiger partial charge on any atom is -0.306 e. The summed E-state index contributed by atoms with van der Waals surface area (Å²) in [6, 6.07) is 6.42. The summed E-state index contributed by atoms with van der Waals surface area (Å²) in [7, 11) is 0. The van der Waals surface area contributed by atoms with Crippen LogP contribution in [0.1, 0.15) is 31.3 Å². The summed E-state index contributed by atoms with van der Waals surface area (Å²) in [6.07, 6.45) is 0. The van der Waals surface area contributed by atoms with E-state index in [1.54, 1.807) is 11.3 Å². The van der Waals surface area contributed by atoms with Crippen LogP contribution in [0.5, 0.6) is 0 Å². The maximum atomic E-state index is 4.61. The average molecular weight is 234 g/mol. The molecule has 0 atom stereocenters. The van der Waals surface area contributed by atoms with Gasteiger partial charge in [0.25, 0.3) is 0 Å². The summed E-state index contributed by atoms with van der Waals surface area (Å²) in [5, 5.41) is 4.62. The molecule has 1 aromatic carbocycles. The van der Waals surface area contributed by atoms with Gasteiger partial charge in [-0.05, 0) is 45.4 Å². The van der Waals surface area contributed by atoms with E-state index in [1.165, 1.54) is 10.3 Å². The quantitative estimate of drug-likeness (QED) is 0.860. The highest BCUT2D eigenvalue weighted by Crippen LogP contribution is 2.23. The van der Waals surface area contributed by atoms with Crippen LogP contribution in [0.15, 0.2) is 18.2 Å². The van der Waals surface area contributed by atoms with Gasteiger partial charge in [0, 0.05) is 12.1 Å². The second-order valence-corrected chi connectivity index (χ2v) is 6.30. The Kier molecular flexibility index (Phi) is 3.00. The normalized spacial score (nSPS) is 12.2. The van der Waals surface area contributed by atoms with Crippen LogP contribution in [-0.2, 0) is 6.54 Å². The molecule has 0 bridgehead atoms. The van der Waals surface area contributed by atoms with Crippen LogP contribution in [0.25, 0.3) is 10.2 Å². The summed E-state index contributed by atoms with van der Waals surface area (Å²) >= 11 is 1.78. The maximum Gasteiger partial charge on any atom is 0.108 e. The van der Waals surface area contributed by atoms with Crippen LogP contribution in [-0.4, -0.2) is 10.5 Å². The molecule has 16 heavy (non-hydrogen) atoms. The fourth-order valence-electron chi connectivity index (χ4n) is 1.50. The summed E-state index contributed by atoms with van der Waals surface area (Å²) < 4.78 is 1.28. The standard InChI is InChI=1S/C13H18N2S/c1-9-5-6-10-11(7-9)16-12(15-10)8-14-13(2,3)4/h5-7,14H,8H2,1-4H3. The van der Waals surface area contributed by atoms with Crippen molar-refractivity contribution in [3.05, 3.63) is 28.8 Å². The van der Waals surface area contributed by atoms with Gasteiger partial charge in [-0.2, -0.15) is 0 Å². The fraction of sp³-hybridized carbons (Fsp3) is 0.462. The first-order valence-corrected chi connectivity index (χ1v) is 6.37.